The van der Waals surface area contributed by atoms with E-state index < -0.39 is 42.6 Å². The lowest BCUT2D eigenvalue weighted by atomic mass is 9.89. The molecule has 8 heteroatoms. The van der Waals surface area contributed by atoms with Gasteiger partial charge in [-0.2, -0.15) is 0 Å². The average molecular weight is 452 g/mol. The van der Waals surface area contributed by atoms with Crippen LogP contribution < -0.4 is 0 Å². The lowest BCUT2D eigenvalue weighted by molar-refractivity contribution is -0.184. The van der Waals surface area contributed by atoms with Crippen LogP contribution in [0.1, 0.15) is 43.0 Å². The molecule has 0 aromatic heterocycles. The Hall–Kier alpha value is -2.12. The molecular formula is C22H23Cl2NO5. The number of aliphatic carboxylic acids is 1. The smallest absolute Gasteiger partial charge is 0.306 e. The molecule has 3 rings (SSSR count). The van der Waals surface area contributed by atoms with Crippen molar-refractivity contribution >= 4 is 35.1 Å². The van der Waals surface area contributed by atoms with Crippen molar-refractivity contribution in [3.63, 3.8) is 0 Å². The van der Waals surface area contributed by atoms with Gasteiger partial charge in [0.2, 0.25) is 0 Å². The minimum absolute atomic E-state index is 0.256. The van der Waals surface area contributed by atoms with E-state index in [0.29, 0.717) is 22.0 Å². The fourth-order valence-electron chi connectivity index (χ4n) is 3.81. The highest BCUT2D eigenvalue weighted by Crippen LogP contribution is 2.44. The number of aliphatic hydroxyl groups excluding tert-OH is 1. The van der Waals surface area contributed by atoms with Crippen LogP contribution in [-0.4, -0.2) is 45.7 Å². The minimum atomic E-state index is -1.17. The number of carboxylic acid groups (broad SMARTS) is 1. The second-order valence-electron chi connectivity index (χ2n) is 7.18. The highest BCUT2D eigenvalue weighted by atomic mass is 35.5. The van der Waals surface area contributed by atoms with E-state index in [9.17, 15) is 19.8 Å². The van der Waals surface area contributed by atoms with Crippen LogP contribution in [0.5, 0.6) is 0 Å². The quantitative estimate of drug-likeness (QED) is 0.656. The van der Waals surface area contributed by atoms with Crippen LogP contribution in [-0.2, 0) is 14.3 Å². The van der Waals surface area contributed by atoms with E-state index in [1.54, 1.807) is 47.4 Å². The fourth-order valence-corrected chi connectivity index (χ4v) is 4.14. The van der Waals surface area contributed by atoms with Crippen LogP contribution in [0, 0.1) is 0 Å². The Labute approximate surface area is 185 Å². The van der Waals surface area contributed by atoms with Gasteiger partial charge in [-0.05, 0) is 41.8 Å². The number of carboxylic acids is 1. The molecule has 1 aliphatic heterocycles. The number of nitrogens with zero attached hydrogens (tertiary/aromatic N) is 1. The van der Waals surface area contributed by atoms with Gasteiger partial charge in [0.25, 0.3) is 5.91 Å². The average Bonchev–Trinajstić information content (AvgIpc) is 2.71. The molecule has 0 spiro atoms. The molecule has 2 aromatic carbocycles. The zero-order valence-electron chi connectivity index (χ0n) is 16.4. The van der Waals surface area contributed by atoms with E-state index in [-0.39, 0.29) is 6.61 Å². The largest absolute Gasteiger partial charge is 0.481 e. The first-order chi connectivity index (χ1) is 14.3. The topological polar surface area (TPSA) is 87.1 Å². The predicted octanol–water partition coefficient (Wildman–Crippen LogP) is 4.25. The third-order valence-corrected chi connectivity index (χ3v) is 5.74. The van der Waals surface area contributed by atoms with E-state index in [2.05, 4.69) is 0 Å². The molecule has 0 bridgehead atoms. The number of morpholine rings is 1. The van der Waals surface area contributed by atoms with E-state index in [0.717, 1.165) is 5.56 Å². The summed E-state index contributed by atoms with van der Waals surface area (Å²) in [4.78, 5) is 26.2. The van der Waals surface area contributed by atoms with E-state index >= 15 is 0 Å². The van der Waals surface area contributed by atoms with Gasteiger partial charge >= 0.3 is 5.97 Å². The molecule has 160 valence electrons. The van der Waals surface area contributed by atoms with Crippen molar-refractivity contribution in [2.24, 2.45) is 0 Å². The van der Waals surface area contributed by atoms with Crippen molar-refractivity contribution in [1.29, 1.82) is 0 Å². The highest BCUT2D eigenvalue weighted by molar-refractivity contribution is 6.30. The number of hydrogen-bond acceptors (Lipinski definition) is 4. The Balaban J connectivity index is 2.16. The van der Waals surface area contributed by atoms with E-state index in [4.69, 9.17) is 27.9 Å². The number of hydrogen-bond donors (Lipinski definition) is 2. The summed E-state index contributed by atoms with van der Waals surface area (Å²) in [6.07, 6.45) is -1.82. The Morgan fingerprint density at radius 1 is 1.13 bits per heavy atom. The molecule has 1 amide bonds. The molecule has 0 aliphatic carbocycles. The molecule has 6 nitrogen and oxygen atoms in total. The Bertz CT molecular complexity index is 901. The Kier molecular flexibility index (Phi) is 7.36. The minimum Gasteiger partial charge on any atom is -0.481 e. The molecule has 2 aromatic rings. The maximum atomic E-state index is 13.3. The van der Waals surface area contributed by atoms with Gasteiger partial charge in [0.15, 0.2) is 0 Å². The summed E-state index contributed by atoms with van der Waals surface area (Å²) in [7, 11) is 0. The number of ether oxygens (including phenoxy) is 1. The molecular weight excluding hydrogens is 429 g/mol. The lowest BCUT2D eigenvalue weighted by Gasteiger charge is -2.47. The molecule has 4 atom stereocenters. The maximum absolute atomic E-state index is 13.3. The molecule has 30 heavy (non-hydrogen) atoms. The molecule has 1 fully saturated rings. The molecule has 1 aliphatic rings. The second kappa shape index (κ2) is 9.79. The van der Waals surface area contributed by atoms with Crippen molar-refractivity contribution < 1.29 is 24.5 Å². The van der Waals surface area contributed by atoms with Gasteiger partial charge in [-0.1, -0.05) is 54.4 Å². The Morgan fingerprint density at radius 3 is 2.40 bits per heavy atom. The number of carbonyl (C=O) groups excluding carboxylic acids is 1. The SMILES string of the molecule is CC[C@@H](CO)N1C(=O)[C@@H](CC(=O)O)O[C@H](c2cccc(Cl)c2)C1c1ccc(Cl)cc1. The summed E-state index contributed by atoms with van der Waals surface area (Å²) >= 11 is 12.2. The van der Waals surface area contributed by atoms with E-state index in [1.807, 2.05) is 13.0 Å². The molecule has 1 saturated heterocycles. The molecule has 1 heterocycles. The normalized spacial score (nSPS) is 22.7. The van der Waals surface area contributed by atoms with Gasteiger partial charge in [-0.3, -0.25) is 9.59 Å². The van der Waals surface area contributed by atoms with Crippen LogP contribution >= 0.6 is 23.2 Å². The number of aliphatic hydroxyl groups is 1. The third kappa shape index (κ3) is 4.78. The Morgan fingerprint density at radius 2 is 1.83 bits per heavy atom. The van der Waals surface area contributed by atoms with Gasteiger partial charge in [0.1, 0.15) is 12.2 Å². The van der Waals surface area contributed by atoms with Crippen LogP contribution in [0.3, 0.4) is 0 Å². The number of rotatable bonds is 7. The van der Waals surface area contributed by atoms with Crippen molar-refractivity contribution in [2.45, 2.75) is 44.1 Å². The molecule has 1 unspecified atom stereocenters. The van der Waals surface area contributed by atoms with Gasteiger partial charge in [0.05, 0.1) is 25.1 Å². The third-order valence-electron chi connectivity index (χ3n) is 5.25. The van der Waals surface area contributed by atoms with Crippen LogP contribution in [0.25, 0.3) is 0 Å². The van der Waals surface area contributed by atoms with Crippen LogP contribution in [0.2, 0.25) is 10.0 Å². The zero-order valence-corrected chi connectivity index (χ0v) is 17.9. The highest BCUT2D eigenvalue weighted by Gasteiger charge is 2.46. The summed E-state index contributed by atoms with van der Waals surface area (Å²) < 4.78 is 6.07. The van der Waals surface area contributed by atoms with Crippen LogP contribution in [0.15, 0.2) is 48.5 Å². The first-order valence-electron chi connectivity index (χ1n) is 9.66. The summed E-state index contributed by atoms with van der Waals surface area (Å²) in [5.41, 5.74) is 1.47. The summed E-state index contributed by atoms with van der Waals surface area (Å²) in [6.45, 7) is 1.61. The fraction of sp³-hybridized carbons (Fsp3) is 0.364. The van der Waals surface area contributed by atoms with Crippen molar-refractivity contribution in [1.82, 2.24) is 4.90 Å². The van der Waals surface area contributed by atoms with Gasteiger partial charge < -0.3 is 19.8 Å². The number of benzene rings is 2. The number of carbonyl (C=O) groups is 2. The predicted molar refractivity (Wildman–Crippen MR) is 114 cm³/mol. The van der Waals surface area contributed by atoms with Gasteiger partial charge in [-0.15, -0.1) is 0 Å². The first-order valence-corrected chi connectivity index (χ1v) is 10.4. The first kappa shape index (κ1) is 22.6. The number of halogens is 2. The summed E-state index contributed by atoms with van der Waals surface area (Å²) in [5, 5.41) is 20.3. The van der Waals surface area contributed by atoms with Gasteiger partial charge in [-0.25, -0.2) is 0 Å². The second-order valence-corrected chi connectivity index (χ2v) is 8.06. The standard InChI is InChI=1S/C22H23Cl2NO5/c1-2-17(12-26)25-20(13-6-8-15(23)9-7-13)21(14-4-3-5-16(24)10-14)30-18(22(25)29)11-19(27)28/h3-10,17-18,20-21,26H,2,11-12H2,1H3,(H,27,28)/t17-,18+,20?,21+/m0/s1. The van der Waals surface area contributed by atoms with Crippen molar-refractivity contribution in [2.75, 3.05) is 6.61 Å². The molecule has 0 saturated carbocycles. The molecule has 2 N–H and O–H groups in total. The molecule has 0 radical (unpaired) electrons. The maximum Gasteiger partial charge on any atom is 0.306 e. The zero-order chi connectivity index (χ0) is 21.8. The van der Waals surface area contributed by atoms with E-state index in [1.165, 1.54) is 0 Å². The van der Waals surface area contributed by atoms with Crippen molar-refractivity contribution in [3.8, 4) is 0 Å². The van der Waals surface area contributed by atoms with Gasteiger partial charge in [0, 0.05) is 10.0 Å². The van der Waals surface area contributed by atoms with Crippen molar-refractivity contribution in [3.05, 3.63) is 69.7 Å². The lowest BCUT2D eigenvalue weighted by Crippen LogP contribution is -2.56. The monoisotopic (exact) mass is 451 g/mol. The summed E-state index contributed by atoms with van der Waals surface area (Å²) in [5.74, 6) is -1.60. The van der Waals surface area contributed by atoms with Crippen LogP contribution in [0.4, 0.5) is 0 Å². The summed E-state index contributed by atoms with van der Waals surface area (Å²) in [6, 6.07) is 13.0. The number of amides is 1.